The van der Waals surface area contributed by atoms with Gasteiger partial charge in [-0.25, -0.2) is 0 Å². The molecule has 84 valence electrons. The van der Waals surface area contributed by atoms with Gasteiger partial charge in [-0.15, -0.1) is 0 Å². The molecule has 1 rings (SSSR count). The minimum absolute atomic E-state index is 0.0374. The fourth-order valence-corrected chi connectivity index (χ4v) is 1.37. The highest BCUT2D eigenvalue weighted by molar-refractivity contribution is 5.42. The zero-order chi connectivity index (χ0) is 11.4. The average molecular weight is 209 g/mol. The van der Waals surface area contributed by atoms with Crippen LogP contribution in [0.2, 0.25) is 0 Å². The van der Waals surface area contributed by atoms with E-state index in [2.05, 4.69) is 0 Å². The van der Waals surface area contributed by atoms with Crippen LogP contribution in [-0.2, 0) is 0 Å². The predicted octanol–water partition coefficient (Wildman–Crippen LogP) is 2.50. The van der Waals surface area contributed by atoms with Gasteiger partial charge in [0, 0.05) is 17.7 Å². The Balaban J connectivity index is 3.05. The van der Waals surface area contributed by atoms with Gasteiger partial charge in [0.25, 0.3) is 0 Å². The Morgan fingerprint density at radius 3 is 2.33 bits per heavy atom. The van der Waals surface area contributed by atoms with Crippen molar-refractivity contribution in [3.63, 3.8) is 0 Å². The second-order valence-corrected chi connectivity index (χ2v) is 3.86. The first-order valence-corrected chi connectivity index (χ1v) is 5.14. The molecule has 1 atom stereocenters. The van der Waals surface area contributed by atoms with Gasteiger partial charge >= 0.3 is 0 Å². The molecule has 2 N–H and O–H groups in total. The number of nitrogens with two attached hydrogens (primary N) is 1. The lowest BCUT2D eigenvalue weighted by molar-refractivity contribution is 0.238. The molecule has 0 aromatic heterocycles. The lowest BCUT2D eigenvalue weighted by Crippen LogP contribution is -2.12. The molecule has 0 aliphatic carbocycles. The third-order valence-corrected chi connectivity index (χ3v) is 2.07. The summed E-state index contributed by atoms with van der Waals surface area (Å²) in [4.78, 5) is 0. The van der Waals surface area contributed by atoms with Crippen molar-refractivity contribution in [1.29, 1.82) is 0 Å². The molecule has 0 bridgehead atoms. The number of ether oxygens (including phenoxy) is 2. The van der Waals surface area contributed by atoms with Crippen LogP contribution >= 0.6 is 0 Å². The van der Waals surface area contributed by atoms with Crippen LogP contribution in [0.25, 0.3) is 0 Å². The zero-order valence-electron chi connectivity index (χ0n) is 9.78. The molecule has 0 spiro atoms. The van der Waals surface area contributed by atoms with Crippen molar-refractivity contribution in [3.8, 4) is 11.5 Å². The maximum atomic E-state index is 5.86. The van der Waals surface area contributed by atoms with Crippen molar-refractivity contribution >= 4 is 0 Å². The number of hydrogen-bond acceptors (Lipinski definition) is 3. The van der Waals surface area contributed by atoms with Gasteiger partial charge in [0.05, 0.1) is 13.2 Å². The second-order valence-electron chi connectivity index (χ2n) is 3.86. The Hall–Kier alpha value is -1.22. The van der Waals surface area contributed by atoms with Crippen LogP contribution in [0.3, 0.4) is 0 Å². The first-order valence-electron chi connectivity index (χ1n) is 5.14. The van der Waals surface area contributed by atoms with Gasteiger partial charge in [0.1, 0.15) is 11.5 Å². The fourth-order valence-electron chi connectivity index (χ4n) is 1.37. The summed E-state index contributed by atoms with van der Waals surface area (Å²) in [6.45, 7) is 5.92. The molecule has 0 aliphatic heterocycles. The van der Waals surface area contributed by atoms with E-state index in [9.17, 15) is 0 Å². The molecule has 1 aromatic rings. The molecule has 0 aliphatic rings. The van der Waals surface area contributed by atoms with Crippen molar-refractivity contribution in [2.24, 2.45) is 5.73 Å². The van der Waals surface area contributed by atoms with Crippen molar-refractivity contribution in [2.45, 2.75) is 32.9 Å². The van der Waals surface area contributed by atoms with Gasteiger partial charge < -0.3 is 15.2 Å². The molecule has 0 saturated carbocycles. The van der Waals surface area contributed by atoms with E-state index in [0.29, 0.717) is 0 Å². The second kappa shape index (κ2) is 5.03. The third kappa shape index (κ3) is 3.13. The topological polar surface area (TPSA) is 44.5 Å². The molecule has 0 fully saturated rings. The molecule has 3 nitrogen and oxygen atoms in total. The normalized spacial score (nSPS) is 12.7. The van der Waals surface area contributed by atoms with E-state index in [4.69, 9.17) is 15.2 Å². The summed E-state index contributed by atoms with van der Waals surface area (Å²) in [5, 5.41) is 0. The minimum Gasteiger partial charge on any atom is -0.497 e. The predicted molar refractivity (Wildman–Crippen MR) is 61.4 cm³/mol. The Morgan fingerprint density at radius 2 is 1.87 bits per heavy atom. The fraction of sp³-hybridized carbons (Fsp3) is 0.500. The highest BCUT2D eigenvalue weighted by atomic mass is 16.5. The molecule has 15 heavy (non-hydrogen) atoms. The van der Waals surface area contributed by atoms with Crippen molar-refractivity contribution in [3.05, 3.63) is 23.8 Å². The monoisotopic (exact) mass is 209 g/mol. The van der Waals surface area contributed by atoms with Crippen LogP contribution in [0.1, 0.15) is 32.4 Å². The summed E-state index contributed by atoms with van der Waals surface area (Å²) in [7, 11) is 1.64. The molecule has 0 amide bonds. The Morgan fingerprint density at radius 1 is 1.20 bits per heavy atom. The van der Waals surface area contributed by atoms with E-state index in [1.807, 2.05) is 39.0 Å². The van der Waals surface area contributed by atoms with E-state index in [-0.39, 0.29) is 12.1 Å². The summed E-state index contributed by atoms with van der Waals surface area (Å²) < 4.78 is 10.8. The van der Waals surface area contributed by atoms with Crippen LogP contribution in [0.5, 0.6) is 11.5 Å². The first-order chi connectivity index (χ1) is 7.04. The number of methoxy groups -OCH3 is 1. The van der Waals surface area contributed by atoms with Crippen LogP contribution in [0, 0.1) is 0 Å². The van der Waals surface area contributed by atoms with E-state index in [0.717, 1.165) is 17.1 Å². The maximum absolute atomic E-state index is 5.86. The van der Waals surface area contributed by atoms with E-state index >= 15 is 0 Å². The Labute approximate surface area is 91.2 Å². The van der Waals surface area contributed by atoms with Gasteiger partial charge in [-0.1, -0.05) is 6.07 Å². The average Bonchev–Trinajstić information content (AvgIpc) is 2.16. The van der Waals surface area contributed by atoms with Crippen LogP contribution < -0.4 is 15.2 Å². The molecule has 0 saturated heterocycles. The van der Waals surface area contributed by atoms with Crippen LogP contribution in [-0.4, -0.2) is 13.2 Å². The Bertz CT molecular complexity index is 321. The summed E-state index contributed by atoms with van der Waals surface area (Å²) in [6.07, 6.45) is 0.134. The van der Waals surface area contributed by atoms with Crippen LogP contribution in [0.4, 0.5) is 0 Å². The van der Waals surface area contributed by atoms with Crippen molar-refractivity contribution in [2.75, 3.05) is 7.11 Å². The molecule has 0 heterocycles. The molecular weight excluding hydrogens is 190 g/mol. The lowest BCUT2D eigenvalue weighted by atomic mass is 10.1. The van der Waals surface area contributed by atoms with Crippen LogP contribution in [0.15, 0.2) is 18.2 Å². The van der Waals surface area contributed by atoms with E-state index in [1.165, 1.54) is 0 Å². The SMILES string of the molecule is COc1ccc([C@@H](C)N)c(OC(C)C)c1. The standard InChI is InChI=1S/C12H19NO2/c1-8(2)15-12-7-10(14-4)5-6-11(12)9(3)13/h5-9H,13H2,1-4H3/t9-/m1/s1. The largest absolute Gasteiger partial charge is 0.497 e. The van der Waals surface area contributed by atoms with Gasteiger partial charge in [-0.05, 0) is 26.8 Å². The van der Waals surface area contributed by atoms with Gasteiger partial charge in [0.2, 0.25) is 0 Å². The molecule has 3 heteroatoms. The highest BCUT2D eigenvalue weighted by Crippen LogP contribution is 2.29. The van der Waals surface area contributed by atoms with Gasteiger partial charge in [-0.2, -0.15) is 0 Å². The quantitative estimate of drug-likeness (QED) is 0.828. The minimum atomic E-state index is -0.0374. The van der Waals surface area contributed by atoms with Crippen molar-refractivity contribution in [1.82, 2.24) is 0 Å². The Kier molecular flexibility index (Phi) is 3.97. The van der Waals surface area contributed by atoms with Gasteiger partial charge in [0.15, 0.2) is 0 Å². The third-order valence-electron chi connectivity index (χ3n) is 2.07. The van der Waals surface area contributed by atoms with Crippen molar-refractivity contribution < 1.29 is 9.47 Å². The smallest absolute Gasteiger partial charge is 0.128 e. The number of rotatable bonds is 4. The summed E-state index contributed by atoms with van der Waals surface area (Å²) in [5.74, 6) is 1.59. The molecule has 1 aromatic carbocycles. The summed E-state index contributed by atoms with van der Waals surface area (Å²) in [6, 6.07) is 5.68. The van der Waals surface area contributed by atoms with E-state index < -0.39 is 0 Å². The first kappa shape index (κ1) is 11.9. The summed E-state index contributed by atoms with van der Waals surface area (Å²) >= 11 is 0. The lowest BCUT2D eigenvalue weighted by Gasteiger charge is -2.17. The molecular formula is C12H19NO2. The highest BCUT2D eigenvalue weighted by Gasteiger charge is 2.10. The molecule has 0 unspecified atom stereocenters. The maximum Gasteiger partial charge on any atom is 0.128 e. The number of hydrogen-bond donors (Lipinski definition) is 1. The zero-order valence-corrected chi connectivity index (χ0v) is 9.78. The molecule has 0 radical (unpaired) electrons. The van der Waals surface area contributed by atoms with E-state index in [1.54, 1.807) is 7.11 Å². The van der Waals surface area contributed by atoms with Gasteiger partial charge in [-0.3, -0.25) is 0 Å². The summed E-state index contributed by atoms with van der Waals surface area (Å²) in [5.41, 5.74) is 6.87. The number of benzene rings is 1.